The third kappa shape index (κ3) is 5.60. The Bertz CT molecular complexity index is 902. The lowest BCUT2D eigenvalue weighted by molar-refractivity contribution is -0.135. The Morgan fingerprint density at radius 3 is 2.53 bits per heavy atom. The molecule has 1 N–H and O–H groups in total. The first kappa shape index (κ1) is 20.4. The van der Waals surface area contributed by atoms with E-state index in [0.29, 0.717) is 24.5 Å². The molecule has 0 aromatic heterocycles. The second-order valence-electron chi connectivity index (χ2n) is 8.23. The number of carbonyl (C=O) groups is 2. The van der Waals surface area contributed by atoms with E-state index < -0.39 is 0 Å². The van der Waals surface area contributed by atoms with Gasteiger partial charge in [-0.1, -0.05) is 35.9 Å². The topological polar surface area (TPSA) is 61.9 Å². The van der Waals surface area contributed by atoms with Crippen LogP contribution in [-0.4, -0.2) is 54.4 Å². The van der Waals surface area contributed by atoms with Crippen LogP contribution in [-0.2, 0) is 16.1 Å². The maximum absolute atomic E-state index is 12.6. The molecule has 0 unspecified atom stereocenters. The second-order valence-corrected chi connectivity index (χ2v) is 8.23. The van der Waals surface area contributed by atoms with Crippen LogP contribution in [0.15, 0.2) is 48.5 Å². The molecule has 6 heteroatoms. The molecule has 2 aliphatic rings. The second kappa shape index (κ2) is 9.30. The third-order valence-electron chi connectivity index (χ3n) is 5.63. The standard InChI is InChI=1S/C24H29N3O3/c1-18-4-2-5-19(14-18)16-26-10-12-27(13-11-26)23(28)17-30-22-7-3-6-21(15-22)25-24(29)20-8-9-20/h2-7,14-15,20H,8-13,16-17H2,1H3,(H,25,29). The van der Waals surface area contributed by atoms with Crippen molar-refractivity contribution < 1.29 is 14.3 Å². The van der Waals surface area contributed by atoms with Crippen LogP contribution in [0.3, 0.4) is 0 Å². The SMILES string of the molecule is Cc1cccc(CN2CCN(C(=O)COc3cccc(NC(=O)C4CC4)c3)CC2)c1. The van der Waals surface area contributed by atoms with Gasteiger partial charge in [-0.2, -0.15) is 0 Å². The number of amides is 2. The Morgan fingerprint density at radius 2 is 1.80 bits per heavy atom. The molecule has 0 spiro atoms. The van der Waals surface area contributed by atoms with Crippen molar-refractivity contribution in [3.63, 3.8) is 0 Å². The van der Waals surface area contributed by atoms with Crippen molar-refractivity contribution in [2.24, 2.45) is 5.92 Å². The number of nitrogens with zero attached hydrogens (tertiary/aromatic N) is 2. The molecule has 1 heterocycles. The molecule has 6 nitrogen and oxygen atoms in total. The number of piperazine rings is 1. The largest absolute Gasteiger partial charge is 0.484 e. The van der Waals surface area contributed by atoms with E-state index in [1.54, 1.807) is 12.1 Å². The van der Waals surface area contributed by atoms with E-state index in [-0.39, 0.29) is 24.3 Å². The summed E-state index contributed by atoms with van der Waals surface area (Å²) in [6, 6.07) is 15.8. The summed E-state index contributed by atoms with van der Waals surface area (Å²) in [7, 11) is 0. The van der Waals surface area contributed by atoms with E-state index in [1.165, 1.54) is 11.1 Å². The smallest absolute Gasteiger partial charge is 0.260 e. The van der Waals surface area contributed by atoms with Crippen molar-refractivity contribution in [1.29, 1.82) is 0 Å². The molecule has 158 valence electrons. The van der Waals surface area contributed by atoms with Gasteiger partial charge in [-0.15, -0.1) is 0 Å². The van der Waals surface area contributed by atoms with Crippen molar-refractivity contribution in [3.05, 3.63) is 59.7 Å². The van der Waals surface area contributed by atoms with Gasteiger partial charge in [-0.05, 0) is 37.5 Å². The zero-order valence-electron chi connectivity index (χ0n) is 17.5. The summed E-state index contributed by atoms with van der Waals surface area (Å²) in [5.74, 6) is 0.806. The number of carbonyl (C=O) groups excluding carboxylic acids is 2. The minimum Gasteiger partial charge on any atom is -0.484 e. The zero-order valence-corrected chi connectivity index (χ0v) is 17.5. The van der Waals surface area contributed by atoms with Crippen LogP contribution in [0, 0.1) is 12.8 Å². The number of aryl methyl sites for hydroxylation is 1. The molecule has 0 atom stereocenters. The Morgan fingerprint density at radius 1 is 1.03 bits per heavy atom. The Kier molecular flexibility index (Phi) is 6.33. The predicted octanol–water partition coefficient (Wildman–Crippen LogP) is 3.07. The fourth-order valence-electron chi connectivity index (χ4n) is 3.71. The molecule has 2 aromatic carbocycles. The fourth-order valence-corrected chi connectivity index (χ4v) is 3.71. The average Bonchev–Trinajstić information content (AvgIpc) is 3.58. The maximum Gasteiger partial charge on any atom is 0.260 e. The lowest BCUT2D eigenvalue weighted by Crippen LogP contribution is -2.49. The number of ether oxygens (including phenoxy) is 1. The Balaban J connectivity index is 1.22. The van der Waals surface area contributed by atoms with Crippen molar-refractivity contribution in [2.75, 3.05) is 38.1 Å². The summed E-state index contributed by atoms with van der Waals surface area (Å²) >= 11 is 0. The van der Waals surface area contributed by atoms with Crippen LogP contribution in [0.5, 0.6) is 5.75 Å². The van der Waals surface area contributed by atoms with E-state index in [4.69, 9.17) is 4.74 Å². The summed E-state index contributed by atoms with van der Waals surface area (Å²) in [5, 5.41) is 2.90. The van der Waals surface area contributed by atoms with Gasteiger partial charge in [-0.25, -0.2) is 0 Å². The van der Waals surface area contributed by atoms with E-state index in [9.17, 15) is 9.59 Å². The van der Waals surface area contributed by atoms with Gasteiger partial charge in [-0.3, -0.25) is 14.5 Å². The zero-order chi connectivity index (χ0) is 20.9. The minimum absolute atomic E-state index is 0.00220. The predicted molar refractivity (Wildman–Crippen MR) is 116 cm³/mol. The highest BCUT2D eigenvalue weighted by atomic mass is 16.5. The van der Waals surface area contributed by atoms with E-state index in [0.717, 1.165) is 32.5 Å². The van der Waals surface area contributed by atoms with Gasteiger partial charge in [0.05, 0.1) is 0 Å². The Hall–Kier alpha value is -2.86. The van der Waals surface area contributed by atoms with E-state index in [1.807, 2.05) is 17.0 Å². The number of anilines is 1. The lowest BCUT2D eigenvalue weighted by Gasteiger charge is -2.34. The molecule has 0 bridgehead atoms. The normalized spacial score (nSPS) is 16.9. The van der Waals surface area contributed by atoms with Gasteiger partial charge in [0, 0.05) is 50.4 Å². The molecule has 1 aliphatic heterocycles. The monoisotopic (exact) mass is 407 g/mol. The number of rotatable bonds is 7. The highest BCUT2D eigenvalue weighted by Crippen LogP contribution is 2.30. The van der Waals surface area contributed by atoms with Crippen LogP contribution in [0.25, 0.3) is 0 Å². The van der Waals surface area contributed by atoms with Gasteiger partial charge in [0.2, 0.25) is 5.91 Å². The summed E-state index contributed by atoms with van der Waals surface area (Å²) in [6.07, 6.45) is 1.93. The van der Waals surface area contributed by atoms with E-state index >= 15 is 0 Å². The van der Waals surface area contributed by atoms with Crippen molar-refractivity contribution >= 4 is 17.5 Å². The first-order chi connectivity index (χ1) is 14.6. The van der Waals surface area contributed by atoms with Crippen LogP contribution in [0.4, 0.5) is 5.69 Å². The maximum atomic E-state index is 12.6. The molecule has 0 radical (unpaired) electrons. The average molecular weight is 408 g/mol. The summed E-state index contributed by atoms with van der Waals surface area (Å²) in [6.45, 7) is 6.19. The van der Waals surface area contributed by atoms with Crippen molar-refractivity contribution in [3.8, 4) is 5.75 Å². The number of benzene rings is 2. The molecule has 2 fully saturated rings. The molecule has 1 saturated heterocycles. The van der Waals surface area contributed by atoms with Gasteiger partial charge in [0.1, 0.15) is 5.75 Å². The molecule has 1 saturated carbocycles. The van der Waals surface area contributed by atoms with Crippen molar-refractivity contribution in [1.82, 2.24) is 9.80 Å². The first-order valence-corrected chi connectivity index (χ1v) is 10.7. The fraction of sp³-hybridized carbons (Fsp3) is 0.417. The summed E-state index contributed by atoms with van der Waals surface area (Å²) < 4.78 is 5.70. The van der Waals surface area contributed by atoms with Crippen molar-refractivity contribution in [2.45, 2.75) is 26.3 Å². The quantitative estimate of drug-likeness (QED) is 0.766. The highest BCUT2D eigenvalue weighted by Gasteiger charge is 2.29. The molecule has 2 amide bonds. The number of hydrogen-bond donors (Lipinski definition) is 1. The van der Waals surface area contributed by atoms with Crippen LogP contribution in [0.2, 0.25) is 0 Å². The Labute approximate surface area is 177 Å². The van der Waals surface area contributed by atoms with E-state index in [2.05, 4.69) is 41.4 Å². The highest BCUT2D eigenvalue weighted by molar-refractivity contribution is 5.94. The minimum atomic E-state index is -0.00220. The molecule has 2 aromatic rings. The van der Waals surface area contributed by atoms with Crippen LogP contribution >= 0.6 is 0 Å². The molecule has 30 heavy (non-hydrogen) atoms. The number of hydrogen-bond acceptors (Lipinski definition) is 4. The summed E-state index contributed by atoms with van der Waals surface area (Å²) in [4.78, 5) is 28.7. The summed E-state index contributed by atoms with van der Waals surface area (Å²) in [5.41, 5.74) is 3.29. The molecular formula is C24H29N3O3. The number of nitrogens with one attached hydrogen (secondary N) is 1. The van der Waals surface area contributed by atoms with Gasteiger partial charge < -0.3 is 15.0 Å². The molecule has 1 aliphatic carbocycles. The molecule has 4 rings (SSSR count). The van der Waals surface area contributed by atoms with Crippen LogP contribution in [0.1, 0.15) is 24.0 Å². The van der Waals surface area contributed by atoms with Crippen LogP contribution < -0.4 is 10.1 Å². The lowest BCUT2D eigenvalue weighted by atomic mass is 10.1. The van der Waals surface area contributed by atoms with Gasteiger partial charge >= 0.3 is 0 Å². The molecular weight excluding hydrogens is 378 g/mol. The first-order valence-electron chi connectivity index (χ1n) is 10.7. The third-order valence-corrected chi connectivity index (χ3v) is 5.63. The van der Waals surface area contributed by atoms with Gasteiger partial charge in [0.15, 0.2) is 6.61 Å². The van der Waals surface area contributed by atoms with Gasteiger partial charge in [0.25, 0.3) is 5.91 Å².